The first-order valence-corrected chi connectivity index (χ1v) is 30.9. The molecule has 418 valence electrons. The molecule has 0 saturated carbocycles. The molecule has 0 N–H and O–H groups in total. The van der Waals surface area contributed by atoms with Crippen molar-refractivity contribution in [2.75, 3.05) is 19.4 Å². The molecule has 6 heteroatoms. The quantitative estimate of drug-likeness (QED) is 0.163. The summed E-state index contributed by atoms with van der Waals surface area (Å²) in [6.07, 6.45) is 0. The summed E-state index contributed by atoms with van der Waals surface area (Å²) in [4.78, 5) is 10.6. The average molecular weight is 1100 g/mol. The van der Waals surface area contributed by atoms with E-state index in [1.807, 2.05) is 0 Å². The van der Waals surface area contributed by atoms with Gasteiger partial charge in [0.1, 0.15) is 0 Å². The molecule has 0 fully saturated rings. The molecule has 0 radical (unpaired) electrons. The minimum absolute atomic E-state index is 0.00321. The van der Waals surface area contributed by atoms with Gasteiger partial charge in [-0.15, -0.1) is 0 Å². The second-order valence-corrected chi connectivity index (χ2v) is 28.9. The average Bonchev–Trinajstić information content (AvgIpc) is 1.77. The molecule has 10 aromatic rings. The lowest BCUT2D eigenvalue weighted by atomic mass is 9.33. The van der Waals surface area contributed by atoms with Crippen LogP contribution in [0.4, 0.5) is 56.9 Å². The lowest BCUT2D eigenvalue weighted by molar-refractivity contribution is 0.590. The fraction of sp³-hybridized carbons (Fsp3) is 0.241. The van der Waals surface area contributed by atoms with Crippen LogP contribution < -0.4 is 41.3 Å². The number of hydrogen-bond acceptors (Lipinski definition) is 4. The molecule has 0 unspecified atom stereocenters. The van der Waals surface area contributed by atoms with Crippen molar-refractivity contribution in [2.24, 2.45) is 0 Å². The van der Waals surface area contributed by atoms with Crippen LogP contribution in [-0.2, 0) is 21.7 Å². The highest BCUT2D eigenvalue weighted by Gasteiger charge is 2.52. The molecule has 0 spiro atoms. The van der Waals surface area contributed by atoms with Crippen LogP contribution in [0.5, 0.6) is 0 Å². The molecule has 4 heterocycles. The van der Waals surface area contributed by atoms with E-state index in [1.165, 1.54) is 156 Å². The summed E-state index contributed by atoms with van der Waals surface area (Å²) in [5, 5.41) is 0. The fourth-order valence-corrected chi connectivity index (χ4v) is 15.5. The Labute approximate surface area is 506 Å². The molecule has 4 aliphatic heterocycles. The molecular formula is C79H76B2N4. The maximum atomic E-state index is 2.67. The van der Waals surface area contributed by atoms with Gasteiger partial charge in [0.15, 0.2) is 0 Å². The largest absolute Gasteiger partial charge is 0.421 e. The Balaban J connectivity index is 0.987. The normalized spacial score (nSPS) is 15.0. The van der Waals surface area contributed by atoms with E-state index in [-0.39, 0.29) is 35.4 Å². The molecular weight excluding hydrogens is 1030 g/mol. The molecule has 0 bridgehead atoms. The van der Waals surface area contributed by atoms with Crippen LogP contribution in [0, 0.1) is 27.7 Å². The van der Waals surface area contributed by atoms with Crippen LogP contribution in [0.15, 0.2) is 188 Å². The van der Waals surface area contributed by atoms with E-state index in [1.54, 1.807) is 0 Å². The topological polar surface area (TPSA) is 13.0 Å². The fourth-order valence-electron chi connectivity index (χ4n) is 15.5. The molecule has 0 amide bonds. The zero-order valence-electron chi connectivity index (χ0n) is 52.3. The van der Waals surface area contributed by atoms with E-state index in [9.17, 15) is 0 Å². The van der Waals surface area contributed by atoms with E-state index < -0.39 is 0 Å². The Kier molecular flexibility index (Phi) is 11.5. The van der Waals surface area contributed by atoms with Gasteiger partial charge in [-0.1, -0.05) is 191 Å². The van der Waals surface area contributed by atoms with Crippen LogP contribution in [0.25, 0.3) is 33.4 Å². The van der Waals surface area contributed by atoms with Crippen molar-refractivity contribution < 1.29 is 0 Å². The summed E-state index contributed by atoms with van der Waals surface area (Å²) in [5.74, 6) is 0. The summed E-state index contributed by atoms with van der Waals surface area (Å²) in [5.41, 5.74) is 36.9. The summed E-state index contributed by atoms with van der Waals surface area (Å²) >= 11 is 0. The van der Waals surface area contributed by atoms with Gasteiger partial charge in [-0.25, -0.2) is 0 Å². The summed E-state index contributed by atoms with van der Waals surface area (Å²) in [6, 6.07) is 73.5. The van der Waals surface area contributed by atoms with Crippen molar-refractivity contribution in [3.05, 3.63) is 238 Å². The van der Waals surface area contributed by atoms with Crippen molar-refractivity contribution in [1.29, 1.82) is 0 Å². The Morgan fingerprint density at radius 2 is 0.953 bits per heavy atom. The minimum atomic E-state index is -0.128. The number of para-hydroxylation sites is 2. The molecule has 0 atom stereocenters. The van der Waals surface area contributed by atoms with Gasteiger partial charge >= 0.3 is 6.98 Å². The third-order valence-corrected chi connectivity index (χ3v) is 19.8. The second-order valence-electron chi connectivity index (χ2n) is 28.9. The molecule has 0 saturated heterocycles. The third kappa shape index (κ3) is 7.89. The van der Waals surface area contributed by atoms with Gasteiger partial charge in [0.2, 0.25) is 0 Å². The van der Waals surface area contributed by atoms with E-state index in [4.69, 9.17) is 0 Å². The van der Waals surface area contributed by atoms with Crippen LogP contribution in [0.3, 0.4) is 0 Å². The van der Waals surface area contributed by atoms with Crippen molar-refractivity contribution >= 4 is 92.4 Å². The zero-order chi connectivity index (χ0) is 59.1. The van der Waals surface area contributed by atoms with E-state index >= 15 is 0 Å². The van der Waals surface area contributed by atoms with Gasteiger partial charge in [-0.2, -0.15) is 0 Å². The first-order chi connectivity index (χ1) is 40.5. The number of aryl methyl sites for hydroxylation is 4. The van der Waals surface area contributed by atoms with Crippen molar-refractivity contribution in [3.8, 4) is 33.4 Å². The molecule has 0 aromatic heterocycles. The highest BCUT2D eigenvalue weighted by molar-refractivity contribution is 7.00. The summed E-state index contributed by atoms with van der Waals surface area (Å²) < 4.78 is 0. The number of nitrogens with zero attached hydrogens (tertiary/aromatic N) is 4. The van der Waals surface area contributed by atoms with Crippen molar-refractivity contribution in [1.82, 2.24) is 0 Å². The van der Waals surface area contributed by atoms with E-state index in [0.717, 1.165) is 5.69 Å². The Morgan fingerprint density at radius 3 is 1.65 bits per heavy atom. The number of hydrogen-bond donors (Lipinski definition) is 0. The summed E-state index contributed by atoms with van der Waals surface area (Å²) in [7, 11) is 0. The van der Waals surface area contributed by atoms with Crippen LogP contribution in [-0.4, -0.2) is 13.7 Å². The van der Waals surface area contributed by atoms with Crippen LogP contribution in [0.2, 0.25) is 0 Å². The maximum absolute atomic E-state index is 2.67. The molecule has 5 aliphatic rings. The molecule has 15 rings (SSSR count). The van der Waals surface area contributed by atoms with Gasteiger partial charge < -0.3 is 19.4 Å². The van der Waals surface area contributed by atoms with E-state index in [2.05, 4.69) is 311 Å². The Morgan fingerprint density at radius 1 is 0.353 bits per heavy atom. The molecule has 4 nitrogen and oxygen atoms in total. The smallest absolute Gasteiger partial charge is 0.360 e. The number of fused-ring (bicyclic) bond motifs is 15. The molecule has 1 aliphatic carbocycles. The second kappa shape index (κ2) is 18.3. The lowest BCUT2D eigenvalue weighted by Gasteiger charge is -2.45. The predicted octanol–water partition coefficient (Wildman–Crippen LogP) is 18.5. The number of benzene rings is 10. The monoisotopic (exact) mass is 1100 g/mol. The Hall–Kier alpha value is -8.47. The predicted molar refractivity (Wildman–Crippen MR) is 366 cm³/mol. The van der Waals surface area contributed by atoms with Gasteiger partial charge in [-0.05, 0) is 217 Å². The van der Waals surface area contributed by atoms with Crippen LogP contribution in [0.1, 0.15) is 126 Å². The van der Waals surface area contributed by atoms with Crippen LogP contribution >= 0.6 is 0 Å². The van der Waals surface area contributed by atoms with Gasteiger partial charge in [0.05, 0.1) is 17.1 Å². The lowest BCUT2D eigenvalue weighted by Crippen LogP contribution is -2.61. The highest BCUT2D eigenvalue weighted by atomic mass is 15.3. The summed E-state index contributed by atoms with van der Waals surface area (Å²) in [6.45, 7) is 35.0. The van der Waals surface area contributed by atoms with Gasteiger partial charge in [0, 0.05) is 50.8 Å². The standard InChI is InChI=1S/C79H76B2N4/c1-47-37-71-74-72(38-47)83(75-49(3)39-52(40-50(75)4)51-29-35-59-58-25-19-21-27-62(58)79(14,15)63(59)42-51)67-44-54(77(8,9)10)32-36-64(67)80(74)65-45-69-70(46-68(65)82(71)56-33-30-53(31-34-56)76(5,6)7)85-66-28-22-20-26-60(66)61-43-55(78(11,12)13)41-48(2)73(61)81(85)84(69)57-23-17-16-18-24-57/h16-46H,1-15H3. The zero-order valence-corrected chi connectivity index (χ0v) is 52.3. The van der Waals surface area contributed by atoms with E-state index in [0.29, 0.717) is 0 Å². The van der Waals surface area contributed by atoms with Crippen molar-refractivity contribution in [3.63, 3.8) is 0 Å². The first-order valence-electron chi connectivity index (χ1n) is 30.9. The van der Waals surface area contributed by atoms with Gasteiger partial charge in [-0.3, -0.25) is 0 Å². The number of rotatable bonds is 4. The first kappa shape index (κ1) is 53.3. The van der Waals surface area contributed by atoms with Crippen molar-refractivity contribution in [2.45, 2.75) is 126 Å². The maximum Gasteiger partial charge on any atom is 0.421 e. The highest BCUT2D eigenvalue weighted by Crippen LogP contribution is 2.56. The number of anilines is 10. The van der Waals surface area contributed by atoms with Gasteiger partial charge in [0.25, 0.3) is 6.71 Å². The minimum Gasteiger partial charge on any atom is -0.360 e. The third-order valence-electron chi connectivity index (χ3n) is 19.8. The molecule has 85 heavy (non-hydrogen) atoms. The SMILES string of the molecule is Cc1cc2c3c(c1)N(c1c(C)cc(-c4ccc5c(c4)C(C)(C)c4ccccc4-5)cc1C)c1cc(C(C)(C)C)ccc1B3c1cc3c(cc1N2c1ccc(C(C)(C)C)cc1)N1B(c2c(C)cc(C(C)(C)C)cc2-c2ccccc21)N3c1ccccc1. The molecule has 10 aromatic carbocycles. The Bertz CT molecular complexity index is 4450.